The van der Waals surface area contributed by atoms with Gasteiger partial charge in [-0.15, -0.1) is 0 Å². The van der Waals surface area contributed by atoms with Crippen LogP contribution in [0.15, 0.2) is 0 Å². The minimum atomic E-state index is -0.956. The van der Waals surface area contributed by atoms with Crippen molar-refractivity contribution in [2.24, 2.45) is 5.92 Å². The lowest BCUT2D eigenvalue weighted by Crippen LogP contribution is -2.40. The van der Waals surface area contributed by atoms with E-state index in [0.29, 0.717) is 12.5 Å². The molecule has 1 atom stereocenters. The molecule has 0 aliphatic heterocycles. The first-order valence-corrected chi connectivity index (χ1v) is 6.91. The van der Waals surface area contributed by atoms with Gasteiger partial charge < -0.3 is 10.2 Å². The SMILES string of the molecule is CCCCN(CCO)[C@H](C#CC(C)(C)O)C(C)C. The molecule has 0 unspecified atom stereocenters. The van der Waals surface area contributed by atoms with Gasteiger partial charge in [-0.1, -0.05) is 39.0 Å². The van der Waals surface area contributed by atoms with Gasteiger partial charge in [0.2, 0.25) is 0 Å². The summed E-state index contributed by atoms with van der Waals surface area (Å²) in [7, 11) is 0. The van der Waals surface area contributed by atoms with Crippen LogP contribution >= 0.6 is 0 Å². The van der Waals surface area contributed by atoms with Crippen molar-refractivity contribution >= 4 is 0 Å². The van der Waals surface area contributed by atoms with Crippen LogP contribution in [0.4, 0.5) is 0 Å². The number of hydrogen-bond donors (Lipinski definition) is 2. The molecule has 0 fully saturated rings. The van der Waals surface area contributed by atoms with Gasteiger partial charge in [0.05, 0.1) is 12.6 Å². The largest absolute Gasteiger partial charge is 0.395 e. The zero-order valence-electron chi connectivity index (χ0n) is 12.5. The van der Waals surface area contributed by atoms with E-state index in [-0.39, 0.29) is 12.6 Å². The molecule has 2 N–H and O–H groups in total. The van der Waals surface area contributed by atoms with E-state index < -0.39 is 5.60 Å². The first-order chi connectivity index (χ1) is 8.31. The van der Waals surface area contributed by atoms with Crippen molar-refractivity contribution < 1.29 is 10.2 Å². The molecule has 0 aromatic carbocycles. The van der Waals surface area contributed by atoms with Crippen LogP contribution in [-0.2, 0) is 0 Å². The molecule has 0 aromatic rings. The summed E-state index contributed by atoms with van der Waals surface area (Å²) in [4.78, 5) is 2.22. The van der Waals surface area contributed by atoms with Crippen LogP contribution in [0.2, 0.25) is 0 Å². The van der Waals surface area contributed by atoms with Crippen molar-refractivity contribution in [3.63, 3.8) is 0 Å². The standard InChI is InChI=1S/C15H29NO2/c1-6-7-10-16(11-12-17)14(13(2)3)8-9-15(4,5)18/h13-14,17-18H,6-7,10-12H2,1-5H3/t14-/m1/s1. The Balaban J connectivity index is 4.83. The summed E-state index contributed by atoms with van der Waals surface area (Å²) in [5, 5.41) is 18.9. The Labute approximate surface area is 112 Å². The highest BCUT2D eigenvalue weighted by atomic mass is 16.3. The molecule has 0 aliphatic carbocycles. The molecule has 3 nitrogen and oxygen atoms in total. The smallest absolute Gasteiger partial charge is 0.120 e. The number of rotatable bonds is 7. The van der Waals surface area contributed by atoms with Gasteiger partial charge in [0.15, 0.2) is 0 Å². The molecule has 18 heavy (non-hydrogen) atoms. The van der Waals surface area contributed by atoms with Crippen LogP contribution in [0.25, 0.3) is 0 Å². The molecule has 0 amide bonds. The molecule has 106 valence electrons. The summed E-state index contributed by atoms with van der Waals surface area (Å²) in [6.07, 6.45) is 2.24. The van der Waals surface area contributed by atoms with Gasteiger partial charge in [-0.05, 0) is 32.7 Å². The first-order valence-electron chi connectivity index (χ1n) is 6.91. The van der Waals surface area contributed by atoms with Crippen molar-refractivity contribution in [3.8, 4) is 11.8 Å². The maximum absolute atomic E-state index is 9.69. The third-order valence-corrected chi connectivity index (χ3v) is 2.74. The molecular weight excluding hydrogens is 226 g/mol. The zero-order valence-corrected chi connectivity index (χ0v) is 12.5. The Hall–Kier alpha value is -0.560. The highest BCUT2D eigenvalue weighted by Gasteiger charge is 2.19. The van der Waals surface area contributed by atoms with Gasteiger partial charge in [0.1, 0.15) is 5.60 Å². The minimum Gasteiger partial charge on any atom is -0.395 e. The Kier molecular flexibility index (Phi) is 8.26. The molecule has 0 aromatic heterocycles. The molecule has 0 aliphatic rings. The lowest BCUT2D eigenvalue weighted by atomic mass is 10.0. The first kappa shape index (κ1) is 17.4. The molecule has 0 spiro atoms. The molecule has 0 saturated heterocycles. The van der Waals surface area contributed by atoms with Gasteiger partial charge in [-0.3, -0.25) is 4.90 Å². The summed E-state index contributed by atoms with van der Waals surface area (Å²) in [5.41, 5.74) is -0.956. The van der Waals surface area contributed by atoms with E-state index in [1.54, 1.807) is 13.8 Å². The highest BCUT2D eigenvalue weighted by Crippen LogP contribution is 2.12. The van der Waals surface area contributed by atoms with Crippen LogP contribution in [0.5, 0.6) is 0 Å². The predicted molar refractivity (Wildman–Crippen MR) is 76.3 cm³/mol. The summed E-state index contributed by atoms with van der Waals surface area (Å²) in [5.74, 6) is 6.45. The van der Waals surface area contributed by atoms with Crippen LogP contribution < -0.4 is 0 Å². The maximum atomic E-state index is 9.69. The van der Waals surface area contributed by atoms with Crippen molar-refractivity contribution in [1.82, 2.24) is 4.90 Å². The van der Waals surface area contributed by atoms with E-state index in [1.807, 2.05) is 0 Å². The van der Waals surface area contributed by atoms with Crippen molar-refractivity contribution in [3.05, 3.63) is 0 Å². The number of hydrogen-bond acceptors (Lipinski definition) is 3. The van der Waals surface area contributed by atoms with E-state index in [4.69, 9.17) is 5.11 Å². The maximum Gasteiger partial charge on any atom is 0.120 e. The molecule has 0 saturated carbocycles. The number of aliphatic hydroxyl groups excluding tert-OH is 1. The second-order valence-electron chi connectivity index (χ2n) is 5.63. The van der Waals surface area contributed by atoms with Gasteiger partial charge in [-0.2, -0.15) is 0 Å². The molecule has 0 heterocycles. The van der Waals surface area contributed by atoms with Crippen LogP contribution in [0.1, 0.15) is 47.5 Å². The minimum absolute atomic E-state index is 0.0927. The summed E-state index contributed by atoms with van der Waals surface area (Å²) >= 11 is 0. The Morgan fingerprint density at radius 1 is 1.22 bits per heavy atom. The number of unbranched alkanes of at least 4 members (excludes halogenated alkanes) is 1. The zero-order chi connectivity index (χ0) is 14.2. The van der Waals surface area contributed by atoms with Crippen molar-refractivity contribution in [2.75, 3.05) is 19.7 Å². The van der Waals surface area contributed by atoms with Crippen LogP contribution in [0, 0.1) is 17.8 Å². The second-order valence-corrected chi connectivity index (χ2v) is 5.63. The normalized spacial score (nSPS) is 13.6. The average Bonchev–Trinajstić information content (AvgIpc) is 2.23. The fraction of sp³-hybridized carbons (Fsp3) is 0.867. The lowest BCUT2D eigenvalue weighted by Gasteiger charge is -2.30. The Bertz CT molecular complexity index is 270. The number of nitrogens with zero attached hydrogens (tertiary/aromatic N) is 1. The molecule has 3 heteroatoms. The lowest BCUT2D eigenvalue weighted by molar-refractivity contribution is 0.138. The van der Waals surface area contributed by atoms with E-state index in [1.165, 1.54) is 0 Å². The third kappa shape index (κ3) is 7.71. The second kappa shape index (κ2) is 8.53. The highest BCUT2D eigenvalue weighted by molar-refractivity contribution is 5.16. The van der Waals surface area contributed by atoms with E-state index >= 15 is 0 Å². The quantitative estimate of drug-likeness (QED) is 0.683. The van der Waals surface area contributed by atoms with Crippen LogP contribution in [-0.4, -0.2) is 46.5 Å². The Morgan fingerprint density at radius 2 is 1.83 bits per heavy atom. The third-order valence-electron chi connectivity index (χ3n) is 2.74. The monoisotopic (exact) mass is 255 g/mol. The fourth-order valence-corrected chi connectivity index (χ4v) is 1.81. The average molecular weight is 255 g/mol. The molecule has 0 rings (SSSR count). The van der Waals surface area contributed by atoms with Gasteiger partial charge in [0.25, 0.3) is 0 Å². The fourth-order valence-electron chi connectivity index (χ4n) is 1.81. The van der Waals surface area contributed by atoms with Crippen LogP contribution in [0.3, 0.4) is 0 Å². The number of aliphatic hydroxyl groups is 2. The van der Waals surface area contributed by atoms with Crippen molar-refractivity contribution in [2.45, 2.75) is 59.1 Å². The Morgan fingerprint density at radius 3 is 2.22 bits per heavy atom. The summed E-state index contributed by atoms with van der Waals surface area (Å²) in [6.45, 7) is 11.5. The summed E-state index contributed by atoms with van der Waals surface area (Å²) in [6, 6.07) is 0.0927. The van der Waals surface area contributed by atoms with Crippen molar-refractivity contribution in [1.29, 1.82) is 0 Å². The predicted octanol–water partition coefficient (Wildman–Crippen LogP) is 1.88. The van der Waals surface area contributed by atoms with E-state index in [2.05, 4.69) is 37.5 Å². The van der Waals surface area contributed by atoms with Gasteiger partial charge >= 0.3 is 0 Å². The summed E-state index contributed by atoms with van der Waals surface area (Å²) < 4.78 is 0. The van der Waals surface area contributed by atoms with E-state index in [9.17, 15) is 5.11 Å². The van der Waals surface area contributed by atoms with Gasteiger partial charge in [0, 0.05) is 6.54 Å². The topological polar surface area (TPSA) is 43.7 Å². The molecule has 0 radical (unpaired) electrons. The molecule has 0 bridgehead atoms. The van der Waals surface area contributed by atoms with E-state index in [0.717, 1.165) is 19.4 Å². The van der Waals surface area contributed by atoms with Gasteiger partial charge in [-0.25, -0.2) is 0 Å². The molecular formula is C15H29NO2.